The first-order chi connectivity index (χ1) is 16.2. The van der Waals surface area contributed by atoms with E-state index in [4.69, 9.17) is 4.52 Å². The van der Waals surface area contributed by atoms with E-state index in [0.29, 0.717) is 4.70 Å². The average Bonchev–Trinajstić information content (AvgIpc) is 3.28. The Hall–Kier alpha value is -3.43. The molecular weight excluding hydrogens is 505 g/mol. The summed E-state index contributed by atoms with van der Waals surface area (Å²) in [5.74, 6) is -16.4. The second-order valence-corrected chi connectivity index (χ2v) is 9.01. The van der Waals surface area contributed by atoms with Crippen LogP contribution in [0, 0.1) is 29.1 Å². The highest BCUT2D eigenvalue weighted by molar-refractivity contribution is 7.39. The predicted molar refractivity (Wildman–Crippen MR) is 112 cm³/mol. The molecule has 0 aliphatic heterocycles. The van der Waals surface area contributed by atoms with E-state index >= 15 is 0 Å². The van der Waals surface area contributed by atoms with Crippen molar-refractivity contribution >= 4 is 35.4 Å². The van der Waals surface area contributed by atoms with Crippen LogP contribution in [0.2, 0.25) is 0 Å². The molecule has 0 amide bonds. The molecule has 0 aliphatic carbocycles. The largest absolute Gasteiger partial charge is 0.598 e. The molecule has 0 saturated heterocycles. The van der Waals surface area contributed by atoms with E-state index in [0.717, 1.165) is 11.3 Å². The summed E-state index contributed by atoms with van der Waals surface area (Å²) in [6, 6.07) is 13.1. The maximum Gasteiger partial charge on any atom is 0.598 e. The summed E-state index contributed by atoms with van der Waals surface area (Å²) in [5, 5.41) is 0.289. The lowest BCUT2D eigenvalue weighted by Crippen LogP contribution is -2.12. The lowest BCUT2D eigenvalue weighted by molar-refractivity contribution is 0.0721. The quantitative estimate of drug-likeness (QED) is 0.0663. The lowest BCUT2D eigenvalue weighted by Gasteiger charge is -2.07. The van der Waals surface area contributed by atoms with Gasteiger partial charge in [0, 0.05) is 10.3 Å². The molecule has 4 rings (SSSR count). The monoisotopic (exact) mass is 515 g/mol. The first kappa shape index (κ1) is 23.7. The first-order valence-corrected chi connectivity index (χ1v) is 11.3. The van der Waals surface area contributed by atoms with Gasteiger partial charge in [0.1, 0.15) is 4.88 Å². The number of hydrogen-bond donors (Lipinski definition) is 0. The van der Waals surface area contributed by atoms with E-state index in [1.807, 2.05) is 0 Å². The fourth-order valence-electron chi connectivity index (χ4n) is 2.88. The van der Waals surface area contributed by atoms with Gasteiger partial charge in [0.25, 0.3) is 0 Å². The summed E-state index contributed by atoms with van der Waals surface area (Å²) in [5.41, 5.74) is -0.0259. The molecule has 174 valence electrons. The molecule has 0 spiro atoms. The number of esters is 1. The molecule has 4 nitrogen and oxygen atoms in total. The van der Waals surface area contributed by atoms with E-state index in [9.17, 15) is 35.7 Å². The van der Waals surface area contributed by atoms with Gasteiger partial charge in [-0.25, -0.2) is 18.0 Å². The van der Waals surface area contributed by atoms with Gasteiger partial charge < -0.3 is 4.74 Å². The molecular formula is C22H10F6O4PS+. The minimum Gasteiger partial charge on any atom is -0.416 e. The summed E-state index contributed by atoms with van der Waals surface area (Å²) in [4.78, 5) is 12.0. The standard InChI is InChI=1S/C22H10F6O4PS/c23-15-16(24)18(26)20(19(27)17(15)25)31-22(29)14-9-11-8-10(6-7-13(11)34-14)21(28)33(30)32-12-4-2-1-3-5-12/h1-9,21H/q+1. The second-order valence-electron chi connectivity index (χ2n) is 6.72. The smallest absolute Gasteiger partial charge is 0.416 e. The zero-order valence-electron chi connectivity index (χ0n) is 16.5. The molecule has 0 bridgehead atoms. The SMILES string of the molecule is O=C(Oc1c(F)c(F)c(F)c(F)c1F)c1cc2cc(C(F)[P+](=O)Oc3ccccc3)ccc2s1. The molecule has 1 heterocycles. The molecule has 3 aromatic carbocycles. The molecule has 0 aliphatic rings. The van der Waals surface area contributed by atoms with Crippen molar-refractivity contribution in [3.8, 4) is 11.5 Å². The summed E-state index contributed by atoms with van der Waals surface area (Å²) >= 11 is 0.772. The maximum absolute atomic E-state index is 14.7. The Kier molecular flexibility index (Phi) is 6.58. The predicted octanol–water partition coefficient (Wildman–Crippen LogP) is 7.61. The summed E-state index contributed by atoms with van der Waals surface area (Å²) < 4.78 is 104. The van der Waals surface area contributed by atoms with Crippen molar-refractivity contribution in [1.29, 1.82) is 0 Å². The van der Waals surface area contributed by atoms with Crippen LogP contribution in [0.15, 0.2) is 54.6 Å². The Balaban J connectivity index is 1.57. The first-order valence-electron chi connectivity index (χ1n) is 9.28. The van der Waals surface area contributed by atoms with Gasteiger partial charge in [0.15, 0.2) is 5.75 Å². The third-order valence-electron chi connectivity index (χ3n) is 4.50. The third-order valence-corrected chi connectivity index (χ3v) is 6.66. The number of thiophene rings is 1. The van der Waals surface area contributed by atoms with Gasteiger partial charge in [0.05, 0.1) is 0 Å². The lowest BCUT2D eigenvalue weighted by atomic mass is 10.2. The number of benzene rings is 3. The number of fused-ring (bicyclic) bond motifs is 1. The van der Waals surface area contributed by atoms with Gasteiger partial charge >= 0.3 is 19.9 Å². The van der Waals surface area contributed by atoms with Crippen LogP contribution < -0.4 is 9.26 Å². The number of para-hydroxylation sites is 1. The van der Waals surface area contributed by atoms with Gasteiger partial charge in [-0.2, -0.15) is 13.2 Å². The normalized spacial score (nSPS) is 12.5. The average molecular weight is 515 g/mol. The van der Waals surface area contributed by atoms with E-state index in [-0.39, 0.29) is 21.6 Å². The molecule has 1 aromatic heterocycles. The summed E-state index contributed by atoms with van der Waals surface area (Å²) in [7, 11) is -2.80. The fourth-order valence-corrected chi connectivity index (χ4v) is 4.63. The number of ether oxygens (including phenoxy) is 1. The number of alkyl halides is 1. The van der Waals surface area contributed by atoms with Crippen LogP contribution in [-0.2, 0) is 4.57 Å². The van der Waals surface area contributed by atoms with Crippen molar-refractivity contribution in [3.05, 3.63) is 94.1 Å². The zero-order chi connectivity index (χ0) is 24.6. The van der Waals surface area contributed by atoms with E-state index < -0.39 is 54.7 Å². The van der Waals surface area contributed by atoms with Crippen LogP contribution >= 0.6 is 19.4 Å². The van der Waals surface area contributed by atoms with Crippen LogP contribution in [0.3, 0.4) is 0 Å². The van der Waals surface area contributed by atoms with Crippen molar-refractivity contribution in [2.24, 2.45) is 0 Å². The molecule has 12 heteroatoms. The number of hydrogen-bond acceptors (Lipinski definition) is 5. The van der Waals surface area contributed by atoms with Crippen molar-refractivity contribution in [2.75, 3.05) is 0 Å². The van der Waals surface area contributed by atoms with Crippen LogP contribution in [0.1, 0.15) is 21.1 Å². The van der Waals surface area contributed by atoms with Crippen molar-refractivity contribution in [3.63, 3.8) is 0 Å². The molecule has 0 N–H and O–H groups in total. The number of rotatable bonds is 6. The van der Waals surface area contributed by atoms with Crippen molar-refractivity contribution in [2.45, 2.75) is 5.91 Å². The molecule has 4 aromatic rings. The fraction of sp³-hybridized carbons (Fsp3) is 0.0455. The number of carbonyl (C=O) groups excluding carboxylic acids is 1. The molecule has 0 radical (unpaired) electrons. The maximum atomic E-state index is 14.7. The molecule has 2 unspecified atom stereocenters. The van der Waals surface area contributed by atoms with E-state index in [2.05, 4.69) is 4.74 Å². The van der Waals surface area contributed by atoms with Crippen LogP contribution in [0.25, 0.3) is 10.1 Å². The Labute approximate surface area is 192 Å². The van der Waals surface area contributed by atoms with Gasteiger partial charge in [-0.3, -0.25) is 4.52 Å². The van der Waals surface area contributed by atoms with Crippen LogP contribution in [-0.4, -0.2) is 5.97 Å². The van der Waals surface area contributed by atoms with Crippen molar-refractivity contribution < 1.29 is 45.0 Å². The zero-order valence-corrected chi connectivity index (χ0v) is 18.2. The van der Waals surface area contributed by atoms with Gasteiger partial charge in [-0.1, -0.05) is 24.3 Å². The Bertz CT molecular complexity index is 1400. The molecule has 0 saturated carbocycles. The topological polar surface area (TPSA) is 52.6 Å². The van der Waals surface area contributed by atoms with E-state index in [1.165, 1.54) is 36.4 Å². The molecule has 2 atom stereocenters. The Morgan fingerprint density at radius 2 is 1.47 bits per heavy atom. The van der Waals surface area contributed by atoms with Crippen molar-refractivity contribution in [1.82, 2.24) is 0 Å². The minimum absolute atomic E-state index is 0.0259. The number of halogens is 6. The molecule has 0 fully saturated rings. The van der Waals surface area contributed by atoms with Crippen LogP contribution in [0.5, 0.6) is 11.5 Å². The third kappa shape index (κ3) is 4.49. The summed E-state index contributed by atoms with van der Waals surface area (Å²) in [6.45, 7) is 0. The summed E-state index contributed by atoms with van der Waals surface area (Å²) in [6.07, 6.45) is 0. The molecule has 34 heavy (non-hydrogen) atoms. The van der Waals surface area contributed by atoms with Gasteiger partial charge in [-0.15, -0.1) is 11.3 Å². The highest BCUT2D eigenvalue weighted by Gasteiger charge is 2.36. The Morgan fingerprint density at radius 3 is 2.12 bits per heavy atom. The van der Waals surface area contributed by atoms with Crippen LogP contribution in [0.4, 0.5) is 26.3 Å². The van der Waals surface area contributed by atoms with E-state index in [1.54, 1.807) is 18.2 Å². The van der Waals surface area contributed by atoms with Gasteiger partial charge in [-0.05, 0) is 40.3 Å². The number of carbonyl (C=O) groups is 1. The highest BCUT2D eigenvalue weighted by atomic mass is 32.1. The second kappa shape index (κ2) is 9.44. The highest BCUT2D eigenvalue weighted by Crippen LogP contribution is 2.44. The minimum atomic E-state index is -2.80. The van der Waals surface area contributed by atoms with Gasteiger partial charge in [0.2, 0.25) is 34.8 Å². The Morgan fingerprint density at radius 1 is 0.853 bits per heavy atom.